The SMILES string of the molecule is O=C(Nc1cc(Cl)ccc1O)C(=O)Nc1c(F)cccc1F. The second kappa shape index (κ2) is 6.40. The Bertz CT molecular complexity index is 733. The Morgan fingerprint density at radius 1 is 1.00 bits per heavy atom. The summed E-state index contributed by atoms with van der Waals surface area (Å²) < 4.78 is 26.7. The second-order valence-electron chi connectivity index (χ2n) is 4.17. The number of halogens is 3. The highest BCUT2D eigenvalue weighted by atomic mass is 35.5. The number of rotatable bonds is 2. The molecular formula is C14H9ClF2N2O3. The summed E-state index contributed by atoms with van der Waals surface area (Å²) in [6, 6.07) is 6.78. The maximum Gasteiger partial charge on any atom is 0.314 e. The van der Waals surface area contributed by atoms with Crippen molar-refractivity contribution < 1.29 is 23.5 Å². The van der Waals surface area contributed by atoms with Gasteiger partial charge in [0.05, 0.1) is 5.69 Å². The van der Waals surface area contributed by atoms with E-state index < -0.39 is 29.1 Å². The summed E-state index contributed by atoms with van der Waals surface area (Å²) in [5.74, 6) is -4.88. The molecule has 0 radical (unpaired) electrons. The van der Waals surface area contributed by atoms with Gasteiger partial charge in [0.1, 0.15) is 23.1 Å². The van der Waals surface area contributed by atoms with Crippen molar-refractivity contribution in [3.63, 3.8) is 0 Å². The van der Waals surface area contributed by atoms with Crippen LogP contribution >= 0.6 is 11.6 Å². The summed E-state index contributed by atoms with van der Waals surface area (Å²) in [6.45, 7) is 0. The average molecular weight is 327 g/mol. The van der Waals surface area contributed by atoms with Crippen molar-refractivity contribution in [3.8, 4) is 5.75 Å². The standard InChI is InChI=1S/C14H9ClF2N2O3/c15-7-4-5-11(20)10(6-7)18-13(21)14(22)19-12-8(16)2-1-3-9(12)17/h1-6,20H,(H,18,21)(H,19,22). The van der Waals surface area contributed by atoms with Crippen LogP contribution < -0.4 is 10.6 Å². The zero-order valence-electron chi connectivity index (χ0n) is 10.9. The summed E-state index contributed by atoms with van der Waals surface area (Å²) in [7, 11) is 0. The molecule has 0 spiro atoms. The number of aromatic hydroxyl groups is 1. The van der Waals surface area contributed by atoms with Crippen LogP contribution in [0.1, 0.15) is 0 Å². The molecule has 0 unspecified atom stereocenters. The van der Waals surface area contributed by atoms with Gasteiger partial charge >= 0.3 is 11.8 Å². The van der Waals surface area contributed by atoms with Crippen LogP contribution in [0.15, 0.2) is 36.4 Å². The fourth-order valence-corrected chi connectivity index (χ4v) is 1.75. The third kappa shape index (κ3) is 3.50. The first-order valence-electron chi connectivity index (χ1n) is 5.93. The molecule has 3 N–H and O–H groups in total. The Morgan fingerprint density at radius 2 is 1.59 bits per heavy atom. The summed E-state index contributed by atoms with van der Waals surface area (Å²) in [5.41, 5.74) is -0.848. The zero-order valence-corrected chi connectivity index (χ0v) is 11.6. The average Bonchev–Trinajstić information content (AvgIpc) is 2.46. The molecule has 2 rings (SSSR count). The van der Waals surface area contributed by atoms with Crippen molar-refractivity contribution in [1.82, 2.24) is 0 Å². The predicted octanol–water partition coefficient (Wildman–Crippen LogP) is 2.90. The number of anilines is 2. The molecule has 114 valence electrons. The van der Waals surface area contributed by atoms with E-state index in [0.29, 0.717) is 0 Å². The lowest BCUT2D eigenvalue weighted by molar-refractivity contribution is -0.133. The highest BCUT2D eigenvalue weighted by molar-refractivity contribution is 6.44. The first-order chi connectivity index (χ1) is 10.4. The summed E-state index contributed by atoms with van der Waals surface area (Å²) in [4.78, 5) is 23.3. The summed E-state index contributed by atoms with van der Waals surface area (Å²) in [5, 5.41) is 13.6. The summed E-state index contributed by atoms with van der Waals surface area (Å²) in [6.07, 6.45) is 0. The minimum absolute atomic E-state index is 0.110. The normalized spacial score (nSPS) is 10.1. The van der Waals surface area contributed by atoms with Gasteiger partial charge < -0.3 is 15.7 Å². The molecule has 0 aliphatic heterocycles. The van der Waals surface area contributed by atoms with Crippen molar-refractivity contribution in [2.45, 2.75) is 0 Å². The van der Waals surface area contributed by atoms with E-state index in [0.717, 1.165) is 18.2 Å². The largest absolute Gasteiger partial charge is 0.506 e. The molecule has 8 heteroatoms. The van der Waals surface area contributed by atoms with E-state index in [1.165, 1.54) is 18.2 Å². The number of carbonyl (C=O) groups excluding carboxylic acids is 2. The lowest BCUT2D eigenvalue weighted by atomic mass is 10.2. The van der Waals surface area contributed by atoms with E-state index in [2.05, 4.69) is 5.32 Å². The first-order valence-corrected chi connectivity index (χ1v) is 6.31. The maximum atomic E-state index is 13.4. The number of carbonyl (C=O) groups is 2. The van der Waals surface area contributed by atoms with E-state index in [1.54, 1.807) is 0 Å². The predicted molar refractivity (Wildman–Crippen MR) is 76.7 cm³/mol. The molecule has 0 saturated heterocycles. The molecule has 0 aliphatic rings. The third-order valence-electron chi connectivity index (χ3n) is 2.61. The van der Waals surface area contributed by atoms with Gasteiger partial charge in [-0.15, -0.1) is 0 Å². The van der Waals surface area contributed by atoms with Crippen LogP contribution in [0.5, 0.6) is 5.75 Å². The van der Waals surface area contributed by atoms with E-state index in [1.807, 2.05) is 5.32 Å². The lowest BCUT2D eigenvalue weighted by Crippen LogP contribution is -2.29. The lowest BCUT2D eigenvalue weighted by Gasteiger charge is -2.09. The first kappa shape index (κ1) is 15.7. The molecule has 2 aromatic carbocycles. The van der Waals surface area contributed by atoms with Crippen molar-refractivity contribution in [2.75, 3.05) is 10.6 Å². The van der Waals surface area contributed by atoms with Gasteiger partial charge in [-0.05, 0) is 30.3 Å². The fourth-order valence-electron chi connectivity index (χ4n) is 1.57. The van der Waals surface area contributed by atoms with E-state index in [4.69, 9.17) is 11.6 Å². The number of para-hydroxylation sites is 1. The van der Waals surface area contributed by atoms with Crippen LogP contribution in [-0.4, -0.2) is 16.9 Å². The van der Waals surface area contributed by atoms with Gasteiger partial charge in [0.25, 0.3) is 0 Å². The minimum Gasteiger partial charge on any atom is -0.506 e. The smallest absolute Gasteiger partial charge is 0.314 e. The van der Waals surface area contributed by atoms with Crippen LogP contribution in [0.3, 0.4) is 0 Å². The molecule has 0 heterocycles. The number of nitrogens with one attached hydrogen (secondary N) is 2. The molecule has 0 saturated carbocycles. The van der Waals surface area contributed by atoms with Crippen LogP contribution in [0, 0.1) is 11.6 Å². The van der Waals surface area contributed by atoms with Gasteiger partial charge in [0.2, 0.25) is 0 Å². The van der Waals surface area contributed by atoms with Crippen molar-refractivity contribution in [1.29, 1.82) is 0 Å². The highest BCUT2D eigenvalue weighted by Crippen LogP contribution is 2.26. The molecule has 0 aromatic heterocycles. The van der Waals surface area contributed by atoms with Crippen LogP contribution in [0.2, 0.25) is 5.02 Å². The molecule has 22 heavy (non-hydrogen) atoms. The van der Waals surface area contributed by atoms with Gasteiger partial charge in [-0.3, -0.25) is 9.59 Å². The van der Waals surface area contributed by atoms with Gasteiger partial charge in [-0.1, -0.05) is 17.7 Å². The number of amides is 2. The van der Waals surface area contributed by atoms with Crippen LogP contribution in [0.25, 0.3) is 0 Å². The second-order valence-corrected chi connectivity index (χ2v) is 4.60. The third-order valence-corrected chi connectivity index (χ3v) is 2.85. The Labute approximate surface area is 128 Å². The van der Waals surface area contributed by atoms with Crippen LogP contribution in [-0.2, 0) is 9.59 Å². The topological polar surface area (TPSA) is 78.4 Å². The van der Waals surface area contributed by atoms with Gasteiger partial charge in [0.15, 0.2) is 0 Å². The Balaban J connectivity index is 2.13. The van der Waals surface area contributed by atoms with Crippen LogP contribution in [0.4, 0.5) is 20.2 Å². The molecule has 0 bridgehead atoms. The van der Waals surface area contributed by atoms with Crippen molar-refractivity contribution in [2.24, 2.45) is 0 Å². The van der Waals surface area contributed by atoms with Gasteiger partial charge in [-0.25, -0.2) is 8.78 Å². The fraction of sp³-hybridized carbons (Fsp3) is 0. The molecule has 0 atom stereocenters. The van der Waals surface area contributed by atoms with E-state index in [9.17, 15) is 23.5 Å². The molecule has 2 amide bonds. The van der Waals surface area contributed by atoms with Gasteiger partial charge in [0, 0.05) is 5.02 Å². The molecule has 5 nitrogen and oxygen atoms in total. The molecular weight excluding hydrogens is 318 g/mol. The monoisotopic (exact) mass is 326 g/mol. The van der Waals surface area contributed by atoms with Crippen molar-refractivity contribution >= 4 is 34.8 Å². The number of phenols is 1. The van der Waals surface area contributed by atoms with E-state index >= 15 is 0 Å². The Hall–Kier alpha value is -2.67. The summed E-state index contributed by atoms with van der Waals surface area (Å²) >= 11 is 5.69. The van der Waals surface area contributed by atoms with Crippen molar-refractivity contribution in [3.05, 3.63) is 53.1 Å². The Kier molecular flexibility index (Phi) is 4.57. The molecule has 0 fully saturated rings. The zero-order chi connectivity index (χ0) is 16.3. The molecule has 2 aromatic rings. The minimum atomic E-state index is -1.30. The van der Waals surface area contributed by atoms with Gasteiger partial charge in [-0.2, -0.15) is 0 Å². The molecule has 0 aliphatic carbocycles. The maximum absolute atomic E-state index is 13.4. The Morgan fingerprint density at radius 3 is 2.23 bits per heavy atom. The highest BCUT2D eigenvalue weighted by Gasteiger charge is 2.19. The number of hydrogen-bond donors (Lipinski definition) is 3. The van der Waals surface area contributed by atoms with E-state index in [-0.39, 0.29) is 16.5 Å². The number of benzene rings is 2. The quantitative estimate of drug-likeness (QED) is 0.586. The number of hydrogen-bond acceptors (Lipinski definition) is 3. The number of phenolic OH excluding ortho intramolecular Hbond substituents is 1.